The Hall–Kier alpha value is -1.51. The lowest BCUT2D eigenvalue weighted by Crippen LogP contribution is -2.35. The van der Waals surface area contributed by atoms with Gasteiger partial charge in [0.15, 0.2) is 5.78 Å². The molecule has 0 atom stereocenters. The van der Waals surface area contributed by atoms with Crippen LogP contribution in [0.15, 0.2) is 18.2 Å². The van der Waals surface area contributed by atoms with Crippen molar-refractivity contribution in [3.63, 3.8) is 0 Å². The summed E-state index contributed by atoms with van der Waals surface area (Å²) in [7, 11) is 0. The van der Waals surface area contributed by atoms with Crippen molar-refractivity contribution in [3.05, 3.63) is 23.8 Å². The third kappa shape index (κ3) is 3.22. The van der Waals surface area contributed by atoms with Gasteiger partial charge in [0.25, 0.3) is 0 Å². The fraction of sp³-hybridized carbons (Fsp3) is 0.611. The smallest absolute Gasteiger partial charge is 0.170 e. The molecule has 1 aliphatic carbocycles. The number of rotatable bonds is 2. The van der Waals surface area contributed by atoms with E-state index in [9.17, 15) is 4.79 Å². The van der Waals surface area contributed by atoms with Crippen molar-refractivity contribution in [1.82, 2.24) is 0 Å². The van der Waals surface area contributed by atoms with Crippen molar-refractivity contribution < 1.29 is 14.3 Å². The van der Waals surface area contributed by atoms with Crippen LogP contribution in [0, 0.1) is 5.92 Å². The molecule has 1 saturated carbocycles. The van der Waals surface area contributed by atoms with Crippen molar-refractivity contribution in [1.29, 1.82) is 0 Å². The van der Waals surface area contributed by atoms with E-state index in [1.165, 1.54) is 12.8 Å². The molecule has 3 rings (SSSR count). The van der Waals surface area contributed by atoms with Gasteiger partial charge in [0.1, 0.15) is 17.1 Å². The Morgan fingerprint density at radius 1 is 1.19 bits per heavy atom. The molecule has 0 aromatic heterocycles. The fourth-order valence-electron chi connectivity index (χ4n) is 3.25. The molecule has 1 fully saturated rings. The Morgan fingerprint density at radius 2 is 1.90 bits per heavy atom. The lowest BCUT2D eigenvalue weighted by atomic mass is 9.89. The summed E-state index contributed by atoms with van der Waals surface area (Å²) in [5, 5.41) is 0. The normalized spacial score (nSPS) is 27.7. The quantitative estimate of drug-likeness (QED) is 0.809. The Morgan fingerprint density at radius 3 is 2.62 bits per heavy atom. The molecule has 3 heteroatoms. The highest BCUT2D eigenvalue weighted by Crippen LogP contribution is 2.36. The molecule has 3 nitrogen and oxygen atoms in total. The molecular weight excluding hydrogens is 264 g/mol. The molecule has 0 unspecified atom stereocenters. The number of hydrogen-bond donors (Lipinski definition) is 0. The van der Waals surface area contributed by atoms with Gasteiger partial charge in [-0.25, -0.2) is 0 Å². The molecule has 114 valence electrons. The van der Waals surface area contributed by atoms with E-state index in [1.54, 1.807) is 0 Å². The van der Waals surface area contributed by atoms with Gasteiger partial charge in [0.2, 0.25) is 0 Å². The lowest BCUT2D eigenvalue weighted by molar-refractivity contribution is 0.0615. The zero-order chi connectivity index (χ0) is 15.0. The van der Waals surface area contributed by atoms with Gasteiger partial charge < -0.3 is 9.47 Å². The van der Waals surface area contributed by atoms with Crippen LogP contribution in [0.2, 0.25) is 0 Å². The van der Waals surface area contributed by atoms with Gasteiger partial charge in [-0.15, -0.1) is 0 Å². The molecule has 1 aliphatic heterocycles. The first kappa shape index (κ1) is 14.4. The van der Waals surface area contributed by atoms with Crippen LogP contribution in [0.25, 0.3) is 0 Å². The number of Topliss-reactive ketones (excluding diaryl/α,β-unsaturated/α-hetero) is 1. The van der Waals surface area contributed by atoms with Crippen molar-refractivity contribution in [3.8, 4) is 11.5 Å². The maximum Gasteiger partial charge on any atom is 0.170 e. The minimum atomic E-state index is -0.428. The first-order valence-electron chi connectivity index (χ1n) is 7.96. The Balaban J connectivity index is 1.75. The van der Waals surface area contributed by atoms with E-state index in [0.717, 1.165) is 24.5 Å². The lowest BCUT2D eigenvalue weighted by Gasteiger charge is -2.32. The van der Waals surface area contributed by atoms with Crippen LogP contribution >= 0.6 is 0 Å². The second kappa shape index (κ2) is 5.36. The summed E-state index contributed by atoms with van der Waals surface area (Å²) >= 11 is 0. The SMILES string of the molecule is CC1CCC(Oc2ccc3c(c2)OC(C)(C)CC3=O)CC1. The molecule has 1 aromatic rings. The molecule has 0 amide bonds. The number of ketones is 1. The first-order valence-corrected chi connectivity index (χ1v) is 7.96. The van der Waals surface area contributed by atoms with Crippen molar-refractivity contribution >= 4 is 5.78 Å². The van der Waals surface area contributed by atoms with Gasteiger partial charge in [-0.05, 0) is 57.6 Å². The zero-order valence-corrected chi connectivity index (χ0v) is 13.1. The zero-order valence-electron chi connectivity index (χ0n) is 13.1. The number of hydrogen-bond acceptors (Lipinski definition) is 3. The van der Waals surface area contributed by atoms with E-state index in [2.05, 4.69) is 6.92 Å². The van der Waals surface area contributed by atoms with Crippen molar-refractivity contribution in [2.24, 2.45) is 5.92 Å². The molecule has 21 heavy (non-hydrogen) atoms. The highest BCUT2D eigenvalue weighted by molar-refractivity contribution is 6.00. The van der Waals surface area contributed by atoms with E-state index < -0.39 is 5.60 Å². The van der Waals surface area contributed by atoms with Crippen LogP contribution in [0.3, 0.4) is 0 Å². The van der Waals surface area contributed by atoms with Gasteiger partial charge in [0, 0.05) is 6.07 Å². The van der Waals surface area contributed by atoms with Gasteiger partial charge in [-0.2, -0.15) is 0 Å². The summed E-state index contributed by atoms with van der Waals surface area (Å²) < 4.78 is 12.0. The van der Waals surface area contributed by atoms with E-state index in [0.29, 0.717) is 23.8 Å². The summed E-state index contributed by atoms with van der Waals surface area (Å²) in [6, 6.07) is 5.62. The Labute approximate surface area is 126 Å². The molecule has 2 aliphatic rings. The third-order valence-electron chi connectivity index (χ3n) is 4.49. The van der Waals surface area contributed by atoms with Crippen LogP contribution in [0.1, 0.15) is 63.2 Å². The van der Waals surface area contributed by atoms with Gasteiger partial charge >= 0.3 is 0 Å². The molecule has 0 saturated heterocycles. The largest absolute Gasteiger partial charge is 0.490 e. The molecule has 0 radical (unpaired) electrons. The number of carbonyl (C=O) groups excluding carboxylic acids is 1. The van der Waals surface area contributed by atoms with E-state index in [4.69, 9.17) is 9.47 Å². The third-order valence-corrected chi connectivity index (χ3v) is 4.49. The molecule has 1 aromatic carbocycles. The van der Waals surface area contributed by atoms with Gasteiger partial charge in [0.05, 0.1) is 18.1 Å². The summed E-state index contributed by atoms with van der Waals surface area (Å²) in [5.41, 5.74) is 0.252. The number of fused-ring (bicyclic) bond motifs is 1. The maximum absolute atomic E-state index is 12.1. The van der Waals surface area contributed by atoms with Crippen LogP contribution in [0.5, 0.6) is 11.5 Å². The maximum atomic E-state index is 12.1. The Kier molecular flexibility index (Phi) is 3.68. The summed E-state index contributed by atoms with van der Waals surface area (Å²) in [6.45, 7) is 6.20. The minimum Gasteiger partial charge on any atom is -0.490 e. The predicted octanol–water partition coefficient (Wildman–Crippen LogP) is 4.39. The summed E-state index contributed by atoms with van der Waals surface area (Å²) in [5.74, 6) is 2.45. The Bertz CT molecular complexity index is 539. The second-order valence-corrected chi connectivity index (χ2v) is 7.12. The average Bonchev–Trinajstić information content (AvgIpc) is 2.39. The highest BCUT2D eigenvalue weighted by atomic mass is 16.5. The van der Waals surface area contributed by atoms with E-state index >= 15 is 0 Å². The molecule has 0 spiro atoms. The van der Waals surface area contributed by atoms with Crippen molar-refractivity contribution in [2.75, 3.05) is 0 Å². The minimum absolute atomic E-state index is 0.152. The number of carbonyl (C=O) groups is 1. The van der Waals surface area contributed by atoms with Gasteiger partial charge in [-0.3, -0.25) is 4.79 Å². The van der Waals surface area contributed by atoms with Gasteiger partial charge in [-0.1, -0.05) is 6.92 Å². The average molecular weight is 288 g/mol. The fourth-order valence-corrected chi connectivity index (χ4v) is 3.25. The van der Waals surface area contributed by atoms with E-state index in [1.807, 2.05) is 32.0 Å². The van der Waals surface area contributed by atoms with E-state index in [-0.39, 0.29) is 5.78 Å². The van der Waals surface area contributed by atoms with Crippen LogP contribution in [-0.2, 0) is 0 Å². The molecule has 0 N–H and O–H groups in total. The predicted molar refractivity (Wildman–Crippen MR) is 82.1 cm³/mol. The topological polar surface area (TPSA) is 35.5 Å². The van der Waals surface area contributed by atoms with Crippen LogP contribution in [0.4, 0.5) is 0 Å². The first-order chi connectivity index (χ1) is 9.93. The number of benzene rings is 1. The summed E-state index contributed by atoms with van der Waals surface area (Å²) in [4.78, 5) is 12.1. The van der Waals surface area contributed by atoms with Crippen LogP contribution in [-0.4, -0.2) is 17.5 Å². The molecule has 1 heterocycles. The monoisotopic (exact) mass is 288 g/mol. The molecular formula is C18H24O3. The second-order valence-electron chi connectivity index (χ2n) is 7.12. The van der Waals surface area contributed by atoms with Crippen molar-refractivity contribution in [2.45, 2.75) is 64.6 Å². The highest BCUT2D eigenvalue weighted by Gasteiger charge is 2.32. The van der Waals surface area contributed by atoms with Crippen LogP contribution < -0.4 is 9.47 Å². The standard InChI is InChI=1S/C18H24O3/c1-12-4-6-13(7-5-12)20-14-8-9-15-16(19)11-18(2,3)21-17(15)10-14/h8-10,12-13H,4-7,11H2,1-3H3. The number of ether oxygens (including phenoxy) is 2. The molecule has 0 bridgehead atoms. The summed E-state index contributed by atoms with van der Waals surface area (Å²) in [6.07, 6.45) is 5.43.